The Morgan fingerprint density at radius 3 is 2.86 bits per heavy atom. The number of ether oxygens (including phenoxy) is 1. The Hall–Kier alpha value is -2.30. The fourth-order valence-corrected chi connectivity index (χ4v) is 3.27. The molecule has 1 aromatic carbocycles. The van der Waals surface area contributed by atoms with Crippen LogP contribution in [0.2, 0.25) is 0 Å². The van der Waals surface area contributed by atoms with Gasteiger partial charge in [-0.25, -0.2) is 4.79 Å². The van der Waals surface area contributed by atoms with Crippen LogP contribution < -0.4 is 5.32 Å². The Morgan fingerprint density at radius 2 is 2.14 bits per heavy atom. The minimum absolute atomic E-state index is 0.136. The number of carbonyl (C=O) groups is 2. The standard InChI is InChI=1S/C15H12N2O3S2/c1-20-15(19)11-4-2-3-5-12(11)22-9-13(18)17-14-10(8-16)6-7-21-14/h2-7H,9H2,1H3,(H,17,18). The molecule has 1 amide bonds. The molecular formula is C15H12N2O3S2. The minimum Gasteiger partial charge on any atom is -0.465 e. The van der Waals surface area contributed by atoms with Crippen LogP contribution in [0, 0.1) is 11.3 Å². The van der Waals surface area contributed by atoms with Gasteiger partial charge in [-0.2, -0.15) is 5.26 Å². The second kappa shape index (κ2) is 7.64. The molecule has 22 heavy (non-hydrogen) atoms. The van der Waals surface area contributed by atoms with E-state index >= 15 is 0 Å². The van der Waals surface area contributed by atoms with Crippen molar-refractivity contribution >= 4 is 40.0 Å². The topological polar surface area (TPSA) is 79.2 Å². The van der Waals surface area contributed by atoms with Gasteiger partial charge in [0.2, 0.25) is 5.91 Å². The van der Waals surface area contributed by atoms with E-state index in [4.69, 9.17) is 10.00 Å². The van der Waals surface area contributed by atoms with Crippen molar-refractivity contribution in [2.75, 3.05) is 18.2 Å². The number of rotatable bonds is 5. The van der Waals surface area contributed by atoms with Crippen LogP contribution in [0.25, 0.3) is 0 Å². The molecule has 0 bridgehead atoms. The second-order valence-electron chi connectivity index (χ2n) is 4.10. The van der Waals surface area contributed by atoms with Gasteiger partial charge in [0, 0.05) is 4.90 Å². The Morgan fingerprint density at radius 1 is 1.36 bits per heavy atom. The molecule has 1 N–H and O–H groups in total. The number of carbonyl (C=O) groups excluding carboxylic acids is 2. The van der Waals surface area contributed by atoms with E-state index in [1.165, 1.54) is 30.2 Å². The number of esters is 1. The summed E-state index contributed by atoms with van der Waals surface area (Å²) in [6.45, 7) is 0. The normalized spacial score (nSPS) is 9.82. The molecule has 0 unspecified atom stereocenters. The molecule has 0 aliphatic heterocycles. The van der Waals surface area contributed by atoms with Gasteiger partial charge in [-0.3, -0.25) is 4.79 Å². The number of thiophene rings is 1. The molecule has 0 spiro atoms. The molecular weight excluding hydrogens is 320 g/mol. The molecule has 112 valence electrons. The lowest BCUT2D eigenvalue weighted by Gasteiger charge is -2.07. The van der Waals surface area contributed by atoms with Gasteiger partial charge >= 0.3 is 5.97 Å². The SMILES string of the molecule is COC(=O)c1ccccc1SCC(=O)Nc1sccc1C#N. The van der Waals surface area contributed by atoms with Crippen LogP contribution >= 0.6 is 23.1 Å². The average Bonchev–Trinajstić information content (AvgIpc) is 2.99. The number of nitrogens with zero attached hydrogens (tertiary/aromatic N) is 1. The number of thioether (sulfide) groups is 1. The van der Waals surface area contributed by atoms with Gasteiger partial charge in [0.1, 0.15) is 11.1 Å². The zero-order chi connectivity index (χ0) is 15.9. The summed E-state index contributed by atoms with van der Waals surface area (Å²) in [5.41, 5.74) is 0.870. The molecule has 2 rings (SSSR count). The minimum atomic E-state index is -0.437. The molecule has 0 saturated carbocycles. The van der Waals surface area contributed by atoms with Crippen molar-refractivity contribution in [2.24, 2.45) is 0 Å². The molecule has 0 radical (unpaired) electrons. The van der Waals surface area contributed by atoms with E-state index < -0.39 is 5.97 Å². The van der Waals surface area contributed by atoms with E-state index in [1.807, 2.05) is 6.07 Å². The summed E-state index contributed by atoms with van der Waals surface area (Å²) in [6.07, 6.45) is 0. The molecule has 0 atom stereocenters. The van der Waals surface area contributed by atoms with Crippen molar-refractivity contribution in [3.05, 3.63) is 46.8 Å². The highest BCUT2D eigenvalue weighted by atomic mass is 32.2. The molecule has 0 aliphatic rings. The number of benzene rings is 1. The zero-order valence-corrected chi connectivity index (χ0v) is 13.3. The second-order valence-corrected chi connectivity index (χ2v) is 6.03. The van der Waals surface area contributed by atoms with Gasteiger partial charge in [0.05, 0.1) is 24.0 Å². The Balaban J connectivity index is 2.00. The molecule has 1 aromatic heterocycles. The van der Waals surface area contributed by atoms with Crippen LogP contribution in [0.3, 0.4) is 0 Å². The fraction of sp³-hybridized carbons (Fsp3) is 0.133. The summed E-state index contributed by atoms with van der Waals surface area (Å²) in [7, 11) is 1.32. The Bertz CT molecular complexity index is 734. The fourth-order valence-electron chi connectivity index (χ4n) is 1.67. The number of nitriles is 1. The molecule has 0 aliphatic carbocycles. The summed E-state index contributed by atoms with van der Waals surface area (Å²) in [6, 6.07) is 10.6. The predicted octanol–water partition coefficient (Wildman–Crippen LogP) is 3.14. The molecule has 2 aromatic rings. The summed E-state index contributed by atoms with van der Waals surface area (Å²) >= 11 is 2.54. The highest BCUT2D eigenvalue weighted by molar-refractivity contribution is 8.00. The van der Waals surface area contributed by atoms with Crippen LogP contribution in [-0.2, 0) is 9.53 Å². The van der Waals surface area contributed by atoms with Crippen molar-refractivity contribution in [1.82, 2.24) is 0 Å². The summed E-state index contributed by atoms with van der Waals surface area (Å²) in [4.78, 5) is 24.3. The summed E-state index contributed by atoms with van der Waals surface area (Å²) < 4.78 is 4.71. The number of hydrogen-bond donors (Lipinski definition) is 1. The number of methoxy groups -OCH3 is 1. The maximum absolute atomic E-state index is 12.0. The van der Waals surface area contributed by atoms with Crippen LogP contribution in [0.5, 0.6) is 0 Å². The van der Waals surface area contributed by atoms with E-state index in [2.05, 4.69) is 5.32 Å². The quantitative estimate of drug-likeness (QED) is 0.672. The van der Waals surface area contributed by atoms with Crippen LogP contribution in [0.1, 0.15) is 15.9 Å². The smallest absolute Gasteiger partial charge is 0.338 e. The lowest BCUT2D eigenvalue weighted by molar-refractivity contribution is -0.113. The molecule has 7 heteroatoms. The van der Waals surface area contributed by atoms with E-state index in [0.29, 0.717) is 21.0 Å². The van der Waals surface area contributed by atoms with E-state index in [-0.39, 0.29) is 11.7 Å². The van der Waals surface area contributed by atoms with Gasteiger partial charge in [0.15, 0.2) is 0 Å². The van der Waals surface area contributed by atoms with Crippen LogP contribution in [0.15, 0.2) is 40.6 Å². The van der Waals surface area contributed by atoms with E-state index in [9.17, 15) is 9.59 Å². The van der Waals surface area contributed by atoms with Crippen molar-refractivity contribution in [3.8, 4) is 6.07 Å². The van der Waals surface area contributed by atoms with Gasteiger partial charge in [-0.1, -0.05) is 12.1 Å². The molecule has 1 heterocycles. The lowest BCUT2D eigenvalue weighted by atomic mass is 10.2. The number of anilines is 1. The lowest BCUT2D eigenvalue weighted by Crippen LogP contribution is -2.14. The monoisotopic (exact) mass is 332 g/mol. The predicted molar refractivity (Wildman–Crippen MR) is 86.2 cm³/mol. The first-order chi connectivity index (χ1) is 10.7. The van der Waals surface area contributed by atoms with Crippen molar-refractivity contribution in [1.29, 1.82) is 5.26 Å². The third-order valence-electron chi connectivity index (χ3n) is 2.69. The van der Waals surface area contributed by atoms with E-state index in [1.54, 1.807) is 35.7 Å². The van der Waals surface area contributed by atoms with Crippen molar-refractivity contribution in [2.45, 2.75) is 4.90 Å². The summed E-state index contributed by atoms with van der Waals surface area (Å²) in [5, 5.41) is 13.9. The highest BCUT2D eigenvalue weighted by Crippen LogP contribution is 2.25. The average molecular weight is 332 g/mol. The summed E-state index contributed by atoms with van der Waals surface area (Å²) in [5.74, 6) is -0.534. The van der Waals surface area contributed by atoms with Gasteiger partial charge in [0.25, 0.3) is 0 Å². The largest absolute Gasteiger partial charge is 0.465 e. The first kappa shape index (κ1) is 16.1. The first-order valence-electron chi connectivity index (χ1n) is 6.23. The number of hydrogen-bond acceptors (Lipinski definition) is 6. The van der Waals surface area contributed by atoms with Gasteiger partial charge in [-0.15, -0.1) is 23.1 Å². The first-order valence-corrected chi connectivity index (χ1v) is 8.10. The highest BCUT2D eigenvalue weighted by Gasteiger charge is 2.14. The maximum Gasteiger partial charge on any atom is 0.338 e. The Labute approximate surface area is 135 Å². The third-order valence-corrected chi connectivity index (χ3v) is 4.59. The molecule has 0 fully saturated rings. The zero-order valence-electron chi connectivity index (χ0n) is 11.7. The molecule has 5 nitrogen and oxygen atoms in total. The van der Waals surface area contributed by atoms with Crippen LogP contribution in [0.4, 0.5) is 5.00 Å². The van der Waals surface area contributed by atoms with Gasteiger partial charge < -0.3 is 10.1 Å². The Kier molecular flexibility index (Phi) is 5.58. The number of nitrogens with one attached hydrogen (secondary N) is 1. The maximum atomic E-state index is 12.0. The third kappa shape index (κ3) is 3.87. The van der Waals surface area contributed by atoms with Crippen molar-refractivity contribution in [3.63, 3.8) is 0 Å². The number of amides is 1. The van der Waals surface area contributed by atoms with Gasteiger partial charge in [-0.05, 0) is 23.6 Å². The molecule has 0 saturated heterocycles. The van der Waals surface area contributed by atoms with Crippen molar-refractivity contribution < 1.29 is 14.3 Å². The van der Waals surface area contributed by atoms with Crippen LogP contribution in [-0.4, -0.2) is 24.7 Å². The van der Waals surface area contributed by atoms with E-state index in [0.717, 1.165) is 0 Å².